The number of pyridine rings is 1. The summed E-state index contributed by atoms with van der Waals surface area (Å²) in [7, 11) is 0. The van der Waals surface area contributed by atoms with E-state index in [0.29, 0.717) is 5.92 Å². The first-order valence-corrected chi connectivity index (χ1v) is 9.78. The van der Waals surface area contributed by atoms with Crippen molar-refractivity contribution in [2.45, 2.75) is 19.8 Å². The molecule has 0 N–H and O–H groups in total. The van der Waals surface area contributed by atoms with Gasteiger partial charge in [-0.25, -0.2) is 4.39 Å². The predicted molar refractivity (Wildman–Crippen MR) is 116 cm³/mol. The second-order valence-electron chi connectivity index (χ2n) is 7.63. The zero-order valence-electron chi connectivity index (χ0n) is 16.3. The average Bonchev–Trinajstić information content (AvgIpc) is 3.12. The van der Waals surface area contributed by atoms with Gasteiger partial charge >= 0.3 is 0 Å². The smallest absolute Gasteiger partial charge is 0.136 e. The van der Waals surface area contributed by atoms with Gasteiger partial charge in [0.1, 0.15) is 17.0 Å². The predicted octanol–water partition coefficient (Wildman–Crippen LogP) is 7.58. The Morgan fingerprint density at radius 1 is 0.828 bits per heavy atom. The lowest BCUT2D eigenvalue weighted by Crippen LogP contribution is -1.90. The van der Waals surface area contributed by atoms with E-state index in [0.717, 1.165) is 44.3 Å². The number of furan rings is 1. The first-order chi connectivity index (χ1) is 14.1. The van der Waals surface area contributed by atoms with Crippen LogP contribution in [0, 0.1) is 5.82 Å². The molecule has 0 aliphatic heterocycles. The standard InChI is InChI=1S/C26H20FNO/c1-16(2)18-12-13-28-23(14-18)19-8-11-22-25(15-19)29-24-5-3-4-21(26(22)24)17-6-9-20(27)10-7-17/h3-16H,1-2H3. The van der Waals surface area contributed by atoms with Gasteiger partial charge in [-0.15, -0.1) is 0 Å². The molecule has 5 rings (SSSR count). The molecule has 0 aliphatic rings. The summed E-state index contributed by atoms with van der Waals surface area (Å²) in [5, 5.41) is 2.09. The van der Waals surface area contributed by atoms with Crippen LogP contribution in [-0.4, -0.2) is 4.98 Å². The number of nitrogens with zero attached hydrogens (tertiary/aromatic N) is 1. The Bertz CT molecular complexity index is 1330. The van der Waals surface area contributed by atoms with Crippen LogP contribution >= 0.6 is 0 Å². The van der Waals surface area contributed by atoms with E-state index in [1.807, 2.05) is 24.4 Å². The number of hydrogen-bond donors (Lipinski definition) is 0. The van der Waals surface area contributed by atoms with Gasteiger partial charge in [0, 0.05) is 22.5 Å². The highest BCUT2D eigenvalue weighted by atomic mass is 19.1. The molecule has 3 aromatic carbocycles. The number of halogens is 1. The largest absolute Gasteiger partial charge is 0.456 e. The molecule has 0 atom stereocenters. The second kappa shape index (κ2) is 6.85. The molecule has 0 bridgehead atoms. The van der Waals surface area contributed by atoms with Crippen LogP contribution in [0.5, 0.6) is 0 Å². The van der Waals surface area contributed by atoms with Gasteiger partial charge in [0.15, 0.2) is 0 Å². The van der Waals surface area contributed by atoms with Gasteiger partial charge in [-0.3, -0.25) is 4.98 Å². The van der Waals surface area contributed by atoms with Crippen molar-refractivity contribution in [3.63, 3.8) is 0 Å². The van der Waals surface area contributed by atoms with Gasteiger partial charge in [-0.2, -0.15) is 0 Å². The maximum atomic E-state index is 13.4. The van der Waals surface area contributed by atoms with E-state index in [-0.39, 0.29) is 5.82 Å². The molecule has 0 spiro atoms. The van der Waals surface area contributed by atoms with Gasteiger partial charge in [0.25, 0.3) is 0 Å². The third-order valence-corrected chi connectivity index (χ3v) is 5.40. The molecule has 0 unspecified atom stereocenters. The molecule has 29 heavy (non-hydrogen) atoms. The van der Waals surface area contributed by atoms with Crippen molar-refractivity contribution in [3.05, 3.63) is 90.4 Å². The first-order valence-electron chi connectivity index (χ1n) is 9.78. The topological polar surface area (TPSA) is 26.0 Å². The normalized spacial score (nSPS) is 11.6. The second-order valence-corrected chi connectivity index (χ2v) is 7.63. The number of aromatic nitrogens is 1. The molecular formula is C26H20FNO. The summed E-state index contributed by atoms with van der Waals surface area (Å²) in [5.74, 6) is 0.212. The molecule has 3 heteroatoms. The Morgan fingerprint density at radius 3 is 2.41 bits per heavy atom. The maximum absolute atomic E-state index is 13.4. The Morgan fingerprint density at radius 2 is 1.62 bits per heavy atom. The van der Waals surface area contributed by atoms with Gasteiger partial charge in [-0.1, -0.05) is 44.2 Å². The van der Waals surface area contributed by atoms with Crippen molar-refractivity contribution < 1.29 is 8.81 Å². The minimum Gasteiger partial charge on any atom is -0.456 e. The molecule has 0 radical (unpaired) electrons. The van der Waals surface area contributed by atoms with Crippen LogP contribution in [0.3, 0.4) is 0 Å². The van der Waals surface area contributed by atoms with Crippen molar-refractivity contribution in [1.82, 2.24) is 4.98 Å². The molecule has 142 valence electrons. The lowest BCUT2D eigenvalue weighted by Gasteiger charge is -2.07. The third-order valence-electron chi connectivity index (χ3n) is 5.40. The van der Waals surface area contributed by atoms with Gasteiger partial charge in [0.05, 0.1) is 5.69 Å². The van der Waals surface area contributed by atoms with Crippen LogP contribution < -0.4 is 0 Å². The fraction of sp³-hybridized carbons (Fsp3) is 0.115. The van der Waals surface area contributed by atoms with E-state index in [2.05, 4.69) is 49.2 Å². The minimum absolute atomic E-state index is 0.237. The highest BCUT2D eigenvalue weighted by Gasteiger charge is 2.14. The average molecular weight is 381 g/mol. The molecule has 2 aromatic heterocycles. The Balaban J connectivity index is 1.69. The van der Waals surface area contributed by atoms with Crippen molar-refractivity contribution in [1.29, 1.82) is 0 Å². The molecule has 0 aliphatic carbocycles. The molecule has 2 nitrogen and oxygen atoms in total. The van der Waals surface area contributed by atoms with Gasteiger partial charge < -0.3 is 4.42 Å². The van der Waals surface area contributed by atoms with E-state index < -0.39 is 0 Å². The van der Waals surface area contributed by atoms with Crippen LogP contribution in [0.4, 0.5) is 4.39 Å². The summed E-state index contributed by atoms with van der Waals surface area (Å²) in [5.41, 5.74) is 6.88. The molecule has 0 fully saturated rings. The van der Waals surface area contributed by atoms with Crippen LogP contribution in [0.15, 0.2) is 83.4 Å². The summed E-state index contributed by atoms with van der Waals surface area (Å²) in [6, 6.07) is 23.0. The van der Waals surface area contributed by atoms with Crippen LogP contribution in [0.25, 0.3) is 44.3 Å². The van der Waals surface area contributed by atoms with Crippen molar-refractivity contribution >= 4 is 21.9 Å². The van der Waals surface area contributed by atoms with E-state index in [9.17, 15) is 4.39 Å². The summed E-state index contributed by atoms with van der Waals surface area (Å²) in [6.07, 6.45) is 1.86. The SMILES string of the molecule is CC(C)c1ccnc(-c2ccc3c(c2)oc2cccc(-c4ccc(F)cc4)c23)c1. The Kier molecular flexibility index (Phi) is 4.17. The zero-order chi connectivity index (χ0) is 20.0. The highest BCUT2D eigenvalue weighted by Crippen LogP contribution is 2.38. The molecule has 0 amide bonds. The summed E-state index contributed by atoms with van der Waals surface area (Å²) in [6.45, 7) is 4.36. The number of fused-ring (bicyclic) bond motifs is 3. The first kappa shape index (κ1) is 17.6. The van der Waals surface area contributed by atoms with Crippen molar-refractivity contribution in [3.8, 4) is 22.4 Å². The van der Waals surface area contributed by atoms with Gasteiger partial charge in [0.2, 0.25) is 0 Å². The van der Waals surface area contributed by atoms with Crippen molar-refractivity contribution in [2.75, 3.05) is 0 Å². The van der Waals surface area contributed by atoms with Crippen LogP contribution in [0.2, 0.25) is 0 Å². The summed E-state index contributed by atoms with van der Waals surface area (Å²) in [4.78, 5) is 4.55. The number of rotatable bonds is 3. The highest BCUT2D eigenvalue weighted by molar-refractivity contribution is 6.12. The third kappa shape index (κ3) is 3.09. The van der Waals surface area contributed by atoms with Crippen LogP contribution in [-0.2, 0) is 0 Å². The fourth-order valence-corrected chi connectivity index (χ4v) is 3.82. The van der Waals surface area contributed by atoms with Gasteiger partial charge in [-0.05, 0) is 65.1 Å². The monoisotopic (exact) mass is 381 g/mol. The molecule has 5 aromatic rings. The van der Waals surface area contributed by atoms with Crippen molar-refractivity contribution in [2.24, 2.45) is 0 Å². The number of benzene rings is 3. The fourth-order valence-electron chi connectivity index (χ4n) is 3.82. The molecular weight excluding hydrogens is 361 g/mol. The zero-order valence-corrected chi connectivity index (χ0v) is 16.3. The van der Waals surface area contributed by atoms with E-state index in [1.165, 1.54) is 17.7 Å². The van der Waals surface area contributed by atoms with E-state index in [1.54, 1.807) is 12.1 Å². The maximum Gasteiger partial charge on any atom is 0.136 e. The van der Waals surface area contributed by atoms with E-state index >= 15 is 0 Å². The summed E-state index contributed by atoms with van der Waals surface area (Å²) >= 11 is 0. The summed E-state index contributed by atoms with van der Waals surface area (Å²) < 4.78 is 19.5. The van der Waals surface area contributed by atoms with E-state index in [4.69, 9.17) is 4.42 Å². The van der Waals surface area contributed by atoms with Crippen LogP contribution in [0.1, 0.15) is 25.3 Å². The Labute approximate surface area is 168 Å². The molecule has 0 saturated heterocycles. The molecule has 0 saturated carbocycles. The Hall–Kier alpha value is -3.46. The lowest BCUT2D eigenvalue weighted by atomic mass is 9.98. The lowest BCUT2D eigenvalue weighted by molar-refractivity contribution is 0.628. The minimum atomic E-state index is -0.237. The molecule has 2 heterocycles. The quantitative estimate of drug-likeness (QED) is 0.322. The number of hydrogen-bond acceptors (Lipinski definition) is 2.